The monoisotopic (exact) mass is 429 g/mol. The molecule has 3 N–H and O–H groups in total. The second kappa shape index (κ2) is 9.17. The van der Waals surface area contributed by atoms with Gasteiger partial charge in [-0.2, -0.15) is 0 Å². The number of aromatic nitrogens is 3. The molecule has 0 saturated carbocycles. The Morgan fingerprint density at radius 1 is 1.20 bits per heavy atom. The second-order valence-corrected chi connectivity index (χ2v) is 8.30. The molecule has 0 spiro atoms. The number of hydrogen-bond donors (Lipinski definition) is 2. The van der Waals surface area contributed by atoms with E-state index < -0.39 is 5.25 Å². The molecule has 0 saturated heterocycles. The van der Waals surface area contributed by atoms with E-state index in [9.17, 15) is 9.18 Å². The number of carbonyl (C=O) groups is 1. The average Bonchev–Trinajstić information content (AvgIpc) is 3.04. The Morgan fingerprint density at radius 3 is 2.57 bits per heavy atom. The smallest absolute Gasteiger partial charge is 0.237 e. The van der Waals surface area contributed by atoms with Crippen molar-refractivity contribution in [2.24, 2.45) is 0 Å². The number of nitrogens with two attached hydrogens (primary N) is 1. The van der Waals surface area contributed by atoms with Crippen molar-refractivity contribution in [2.45, 2.75) is 44.7 Å². The highest BCUT2D eigenvalue weighted by Crippen LogP contribution is 2.25. The molecule has 1 unspecified atom stereocenters. The number of halogens is 1. The molecule has 1 atom stereocenters. The Hall–Kier alpha value is -3.07. The highest BCUT2D eigenvalue weighted by molar-refractivity contribution is 8.00. The first-order valence-electron chi connectivity index (χ1n) is 9.38. The number of nitrogens with zero attached hydrogens (tertiary/aromatic N) is 3. The second-order valence-electron chi connectivity index (χ2n) is 6.99. The van der Waals surface area contributed by atoms with Crippen LogP contribution in [0, 0.1) is 26.6 Å². The van der Waals surface area contributed by atoms with Gasteiger partial charge in [0.15, 0.2) is 5.82 Å². The normalized spacial score (nSPS) is 11.9. The lowest BCUT2D eigenvalue weighted by Crippen LogP contribution is -2.24. The standard InChI is InChI=1S/C21H24FN5O2S/c1-12-8-9-16(10-17(12)22)24-20(28)15(4)30-21-26-25-18(27(21)23)11-29-19-13(2)6-5-7-14(19)3/h5-10,15H,11,23H2,1-4H3,(H,24,28). The topological polar surface area (TPSA) is 95.1 Å². The number of nitrogens with one attached hydrogen (secondary N) is 1. The number of nitrogen functional groups attached to an aromatic ring is 1. The van der Waals surface area contributed by atoms with Crippen LogP contribution in [0.5, 0.6) is 5.75 Å². The first-order valence-corrected chi connectivity index (χ1v) is 10.3. The van der Waals surface area contributed by atoms with Crippen molar-refractivity contribution in [3.63, 3.8) is 0 Å². The Labute approximate surface area is 178 Å². The van der Waals surface area contributed by atoms with Gasteiger partial charge in [0.05, 0.1) is 5.25 Å². The number of thioether (sulfide) groups is 1. The summed E-state index contributed by atoms with van der Waals surface area (Å²) in [7, 11) is 0. The van der Waals surface area contributed by atoms with E-state index in [1.54, 1.807) is 26.0 Å². The Kier molecular flexibility index (Phi) is 6.61. The van der Waals surface area contributed by atoms with Gasteiger partial charge in [-0.15, -0.1) is 10.2 Å². The molecular weight excluding hydrogens is 405 g/mol. The van der Waals surface area contributed by atoms with E-state index in [1.165, 1.54) is 10.7 Å². The number of aryl methyl sites for hydroxylation is 3. The molecule has 9 heteroatoms. The number of para-hydroxylation sites is 1. The minimum Gasteiger partial charge on any atom is -0.485 e. The van der Waals surface area contributed by atoms with Crippen LogP contribution in [-0.4, -0.2) is 26.0 Å². The molecule has 1 amide bonds. The molecule has 0 radical (unpaired) electrons. The van der Waals surface area contributed by atoms with Gasteiger partial charge < -0.3 is 15.9 Å². The Morgan fingerprint density at radius 2 is 1.90 bits per heavy atom. The van der Waals surface area contributed by atoms with Crippen LogP contribution in [0.15, 0.2) is 41.6 Å². The molecule has 7 nitrogen and oxygen atoms in total. The van der Waals surface area contributed by atoms with Crippen LogP contribution in [0.25, 0.3) is 0 Å². The fraction of sp³-hybridized carbons (Fsp3) is 0.286. The maximum atomic E-state index is 13.7. The number of anilines is 1. The van der Waals surface area contributed by atoms with Crippen LogP contribution in [0.4, 0.5) is 10.1 Å². The molecule has 0 aliphatic rings. The number of ether oxygens (including phenoxy) is 1. The predicted molar refractivity (Wildman–Crippen MR) is 116 cm³/mol. The summed E-state index contributed by atoms with van der Waals surface area (Å²) in [5, 5.41) is 10.7. The van der Waals surface area contributed by atoms with E-state index in [1.807, 2.05) is 32.0 Å². The summed E-state index contributed by atoms with van der Waals surface area (Å²) in [6, 6.07) is 10.5. The van der Waals surface area contributed by atoms with Crippen molar-refractivity contribution in [1.82, 2.24) is 14.9 Å². The zero-order valence-corrected chi connectivity index (χ0v) is 18.1. The largest absolute Gasteiger partial charge is 0.485 e. The molecule has 1 aromatic heterocycles. The van der Waals surface area contributed by atoms with Crippen molar-refractivity contribution >= 4 is 23.4 Å². The Balaban J connectivity index is 1.62. The molecule has 158 valence electrons. The van der Waals surface area contributed by atoms with Crippen molar-refractivity contribution in [2.75, 3.05) is 11.2 Å². The molecule has 0 aliphatic heterocycles. The lowest BCUT2D eigenvalue weighted by molar-refractivity contribution is -0.115. The van der Waals surface area contributed by atoms with Gasteiger partial charge in [0.2, 0.25) is 11.1 Å². The highest BCUT2D eigenvalue weighted by Gasteiger charge is 2.20. The van der Waals surface area contributed by atoms with E-state index >= 15 is 0 Å². The van der Waals surface area contributed by atoms with E-state index in [0.29, 0.717) is 22.2 Å². The van der Waals surface area contributed by atoms with Crippen LogP contribution in [-0.2, 0) is 11.4 Å². The first kappa shape index (κ1) is 21.6. The minimum atomic E-state index is -0.520. The molecule has 0 bridgehead atoms. The van der Waals surface area contributed by atoms with Gasteiger partial charge in [0, 0.05) is 5.69 Å². The van der Waals surface area contributed by atoms with Crippen LogP contribution in [0.3, 0.4) is 0 Å². The van der Waals surface area contributed by atoms with Gasteiger partial charge in [-0.25, -0.2) is 9.07 Å². The van der Waals surface area contributed by atoms with Gasteiger partial charge in [-0.1, -0.05) is 36.0 Å². The van der Waals surface area contributed by atoms with Crippen LogP contribution >= 0.6 is 11.8 Å². The van der Waals surface area contributed by atoms with Crippen LogP contribution in [0.2, 0.25) is 0 Å². The van der Waals surface area contributed by atoms with Crippen molar-refractivity contribution in [3.05, 3.63) is 64.7 Å². The third-order valence-corrected chi connectivity index (χ3v) is 5.64. The molecule has 2 aromatic carbocycles. The molecular formula is C21H24FN5O2S. The maximum Gasteiger partial charge on any atom is 0.237 e. The molecule has 0 aliphatic carbocycles. The maximum absolute atomic E-state index is 13.7. The number of amides is 1. The summed E-state index contributed by atoms with van der Waals surface area (Å²) < 4.78 is 20.9. The summed E-state index contributed by atoms with van der Waals surface area (Å²) in [4.78, 5) is 12.4. The van der Waals surface area contributed by atoms with E-state index in [2.05, 4.69) is 15.5 Å². The average molecular weight is 430 g/mol. The quantitative estimate of drug-likeness (QED) is 0.439. The number of rotatable bonds is 7. The van der Waals surface area contributed by atoms with Gasteiger partial charge in [0.25, 0.3) is 0 Å². The SMILES string of the molecule is Cc1ccc(NC(=O)C(C)Sc2nnc(COc3c(C)cccc3C)n2N)cc1F. The van der Waals surface area contributed by atoms with E-state index in [-0.39, 0.29) is 18.3 Å². The van der Waals surface area contributed by atoms with E-state index in [0.717, 1.165) is 28.6 Å². The number of hydrogen-bond acceptors (Lipinski definition) is 6. The van der Waals surface area contributed by atoms with Gasteiger partial charge in [-0.05, 0) is 56.5 Å². The van der Waals surface area contributed by atoms with Gasteiger partial charge in [0.1, 0.15) is 18.2 Å². The van der Waals surface area contributed by atoms with Crippen molar-refractivity contribution in [1.29, 1.82) is 0 Å². The van der Waals surface area contributed by atoms with Crippen molar-refractivity contribution in [3.8, 4) is 5.75 Å². The summed E-state index contributed by atoms with van der Waals surface area (Å²) in [5.74, 6) is 6.65. The fourth-order valence-electron chi connectivity index (χ4n) is 2.78. The first-order chi connectivity index (χ1) is 14.3. The van der Waals surface area contributed by atoms with Crippen molar-refractivity contribution < 1.29 is 13.9 Å². The molecule has 0 fully saturated rings. The van der Waals surface area contributed by atoms with Gasteiger partial charge >= 0.3 is 0 Å². The van der Waals surface area contributed by atoms with Gasteiger partial charge in [-0.3, -0.25) is 4.79 Å². The third kappa shape index (κ3) is 4.91. The third-order valence-electron chi connectivity index (χ3n) is 4.58. The van der Waals surface area contributed by atoms with Crippen LogP contribution < -0.4 is 15.9 Å². The highest BCUT2D eigenvalue weighted by atomic mass is 32.2. The zero-order chi connectivity index (χ0) is 21.8. The zero-order valence-electron chi connectivity index (χ0n) is 17.3. The van der Waals surface area contributed by atoms with Crippen LogP contribution in [0.1, 0.15) is 29.4 Å². The summed E-state index contributed by atoms with van der Waals surface area (Å²) in [5.41, 5.74) is 2.95. The predicted octanol–water partition coefficient (Wildman–Crippen LogP) is 3.75. The fourth-order valence-corrected chi connectivity index (χ4v) is 3.56. The molecule has 3 rings (SSSR count). The number of benzene rings is 2. The summed E-state index contributed by atoms with van der Waals surface area (Å²) in [6.07, 6.45) is 0. The molecule has 1 heterocycles. The Bertz CT molecular complexity index is 1050. The summed E-state index contributed by atoms with van der Waals surface area (Å²) >= 11 is 1.16. The van der Waals surface area contributed by atoms with E-state index in [4.69, 9.17) is 10.6 Å². The minimum absolute atomic E-state index is 0.152. The number of carbonyl (C=O) groups excluding carboxylic acids is 1. The lowest BCUT2D eigenvalue weighted by atomic mass is 10.1. The molecule has 30 heavy (non-hydrogen) atoms. The summed E-state index contributed by atoms with van der Waals surface area (Å²) in [6.45, 7) is 7.47. The lowest BCUT2D eigenvalue weighted by Gasteiger charge is -2.13. The molecule has 3 aromatic rings.